The van der Waals surface area contributed by atoms with Crippen LogP contribution in [0.1, 0.15) is 27.2 Å². The molecule has 1 aliphatic carbocycles. The van der Waals surface area contributed by atoms with Crippen LogP contribution in [0.4, 0.5) is 5.69 Å². The number of rotatable bonds is 4. The highest BCUT2D eigenvalue weighted by Crippen LogP contribution is 2.41. The SMILES string of the molecule is CC(C)(C)[Si](C)(C)OC1CC1Nc1ccnc(Br)c1. The molecule has 3 nitrogen and oxygen atoms in total. The van der Waals surface area contributed by atoms with Gasteiger partial charge in [-0.05, 0) is 52.6 Å². The standard InChI is InChI=1S/C14H23BrN2OSi/c1-14(2,3)19(4,5)18-12-9-11(12)17-10-6-7-16-13(15)8-10/h6-8,11-12H,9H2,1-5H3,(H,16,17). The fourth-order valence-corrected chi connectivity index (χ4v) is 3.45. The van der Waals surface area contributed by atoms with Crippen molar-refractivity contribution in [3.8, 4) is 0 Å². The van der Waals surface area contributed by atoms with E-state index in [2.05, 4.69) is 60.1 Å². The number of hydrogen-bond acceptors (Lipinski definition) is 3. The maximum Gasteiger partial charge on any atom is 0.192 e. The van der Waals surface area contributed by atoms with E-state index in [1.54, 1.807) is 6.20 Å². The van der Waals surface area contributed by atoms with Crippen LogP contribution in [0.15, 0.2) is 22.9 Å². The molecule has 106 valence electrons. The highest BCUT2D eigenvalue weighted by atomic mass is 79.9. The number of hydrogen-bond donors (Lipinski definition) is 1. The van der Waals surface area contributed by atoms with Crippen LogP contribution in [-0.4, -0.2) is 25.4 Å². The zero-order chi connectivity index (χ0) is 14.3. The molecular weight excluding hydrogens is 320 g/mol. The fraction of sp³-hybridized carbons (Fsp3) is 0.643. The second-order valence-corrected chi connectivity index (χ2v) is 12.3. The van der Waals surface area contributed by atoms with Crippen LogP contribution < -0.4 is 5.32 Å². The van der Waals surface area contributed by atoms with Gasteiger partial charge in [0.05, 0.1) is 12.1 Å². The van der Waals surface area contributed by atoms with Gasteiger partial charge in [-0.15, -0.1) is 0 Å². The van der Waals surface area contributed by atoms with E-state index in [0.29, 0.717) is 12.1 Å². The predicted octanol–water partition coefficient (Wildman–Crippen LogP) is 4.42. The van der Waals surface area contributed by atoms with Crippen molar-refractivity contribution in [1.29, 1.82) is 0 Å². The largest absolute Gasteiger partial charge is 0.412 e. The van der Waals surface area contributed by atoms with Crippen LogP contribution in [0.5, 0.6) is 0 Å². The summed E-state index contributed by atoms with van der Waals surface area (Å²) in [5.41, 5.74) is 1.10. The summed E-state index contributed by atoms with van der Waals surface area (Å²) in [5, 5.41) is 3.79. The first-order valence-electron chi connectivity index (χ1n) is 6.75. The molecule has 0 saturated heterocycles. The van der Waals surface area contributed by atoms with Crippen molar-refractivity contribution >= 4 is 29.9 Å². The van der Waals surface area contributed by atoms with Gasteiger partial charge in [-0.1, -0.05) is 20.8 Å². The third-order valence-corrected chi connectivity index (χ3v) is 9.00. The molecule has 0 amide bonds. The van der Waals surface area contributed by atoms with Crippen LogP contribution >= 0.6 is 15.9 Å². The van der Waals surface area contributed by atoms with Crippen LogP contribution in [-0.2, 0) is 4.43 Å². The van der Waals surface area contributed by atoms with Crippen LogP contribution in [0.25, 0.3) is 0 Å². The quantitative estimate of drug-likeness (QED) is 0.649. The van der Waals surface area contributed by atoms with Gasteiger partial charge in [0, 0.05) is 11.9 Å². The van der Waals surface area contributed by atoms with Gasteiger partial charge in [0.2, 0.25) is 0 Å². The third kappa shape index (κ3) is 3.80. The maximum absolute atomic E-state index is 6.38. The summed E-state index contributed by atoms with van der Waals surface area (Å²) in [6, 6.07) is 4.44. The Labute approximate surface area is 125 Å². The zero-order valence-electron chi connectivity index (χ0n) is 12.3. The van der Waals surface area contributed by atoms with E-state index in [4.69, 9.17) is 4.43 Å². The lowest BCUT2D eigenvalue weighted by atomic mass is 10.2. The molecule has 1 heterocycles. The minimum Gasteiger partial charge on any atom is -0.412 e. The van der Waals surface area contributed by atoms with E-state index >= 15 is 0 Å². The highest BCUT2D eigenvalue weighted by molar-refractivity contribution is 9.10. The van der Waals surface area contributed by atoms with Crippen molar-refractivity contribution in [2.45, 2.75) is 57.5 Å². The van der Waals surface area contributed by atoms with E-state index < -0.39 is 8.32 Å². The number of nitrogens with one attached hydrogen (secondary N) is 1. The van der Waals surface area contributed by atoms with E-state index in [0.717, 1.165) is 16.7 Å². The Morgan fingerprint density at radius 2 is 2.11 bits per heavy atom. The summed E-state index contributed by atoms with van der Waals surface area (Å²) in [5.74, 6) is 0. The molecule has 0 aromatic carbocycles. The number of pyridine rings is 1. The summed E-state index contributed by atoms with van der Waals surface area (Å²) in [6.45, 7) is 11.5. The Hall–Kier alpha value is -0.393. The smallest absolute Gasteiger partial charge is 0.192 e. The molecule has 1 fully saturated rings. The molecule has 1 N–H and O–H groups in total. The molecule has 1 saturated carbocycles. The Morgan fingerprint density at radius 1 is 1.42 bits per heavy atom. The molecule has 2 rings (SSSR count). The van der Waals surface area contributed by atoms with E-state index in [9.17, 15) is 0 Å². The molecule has 2 unspecified atom stereocenters. The minimum absolute atomic E-state index is 0.278. The van der Waals surface area contributed by atoms with Gasteiger partial charge in [0.1, 0.15) is 4.60 Å². The first-order valence-corrected chi connectivity index (χ1v) is 10.4. The first kappa shape index (κ1) is 15.0. The summed E-state index contributed by atoms with van der Waals surface area (Å²) in [6.07, 6.45) is 3.28. The molecule has 1 aromatic rings. The normalized spacial score (nSPS) is 23.3. The average Bonchev–Trinajstić information content (AvgIpc) is 2.93. The highest BCUT2D eigenvalue weighted by Gasteiger charge is 2.46. The molecule has 0 radical (unpaired) electrons. The number of anilines is 1. The van der Waals surface area contributed by atoms with Gasteiger partial charge in [0.15, 0.2) is 8.32 Å². The lowest BCUT2D eigenvalue weighted by Crippen LogP contribution is -2.42. The molecule has 0 aliphatic heterocycles. The van der Waals surface area contributed by atoms with Gasteiger partial charge in [-0.3, -0.25) is 0 Å². The van der Waals surface area contributed by atoms with Gasteiger partial charge in [-0.2, -0.15) is 0 Å². The van der Waals surface area contributed by atoms with E-state index in [1.165, 1.54) is 0 Å². The molecular formula is C14H23BrN2OSi. The minimum atomic E-state index is -1.64. The van der Waals surface area contributed by atoms with Crippen molar-refractivity contribution in [2.24, 2.45) is 0 Å². The first-order chi connectivity index (χ1) is 8.69. The van der Waals surface area contributed by atoms with Crippen LogP contribution in [0, 0.1) is 0 Å². The molecule has 0 bridgehead atoms. The van der Waals surface area contributed by atoms with Gasteiger partial charge in [0.25, 0.3) is 0 Å². The molecule has 19 heavy (non-hydrogen) atoms. The second-order valence-electron chi connectivity index (χ2n) is 6.77. The zero-order valence-corrected chi connectivity index (χ0v) is 14.9. The van der Waals surface area contributed by atoms with Gasteiger partial charge >= 0.3 is 0 Å². The average molecular weight is 343 g/mol. The third-order valence-electron chi connectivity index (χ3n) is 4.06. The van der Waals surface area contributed by atoms with Gasteiger partial charge < -0.3 is 9.74 Å². The summed E-state index contributed by atoms with van der Waals surface area (Å²) in [4.78, 5) is 4.13. The summed E-state index contributed by atoms with van der Waals surface area (Å²) in [7, 11) is -1.64. The Kier molecular flexibility index (Phi) is 4.09. The monoisotopic (exact) mass is 342 g/mol. The molecule has 1 aliphatic rings. The summed E-state index contributed by atoms with van der Waals surface area (Å²) >= 11 is 3.39. The van der Waals surface area contributed by atoms with E-state index in [-0.39, 0.29) is 5.04 Å². The fourth-order valence-electron chi connectivity index (χ4n) is 1.72. The van der Waals surface area contributed by atoms with Crippen molar-refractivity contribution in [3.63, 3.8) is 0 Å². The van der Waals surface area contributed by atoms with Crippen molar-refractivity contribution < 1.29 is 4.43 Å². The lowest BCUT2D eigenvalue weighted by molar-refractivity contribution is 0.270. The number of halogens is 1. The molecule has 0 spiro atoms. The van der Waals surface area contributed by atoms with Crippen LogP contribution in [0.3, 0.4) is 0 Å². The Bertz CT molecular complexity index is 459. The second kappa shape index (κ2) is 5.18. The topological polar surface area (TPSA) is 34.1 Å². The van der Waals surface area contributed by atoms with Crippen LogP contribution in [0.2, 0.25) is 18.1 Å². The van der Waals surface area contributed by atoms with Gasteiger partial charge in [-0.25, -0.2) is 4.98 Å². The Balaban J connectivity index is 1.89. The van der Waals surface area contributed by atoms with Crippen molar-refractivity contribution in [3.05, 3.63) is 22.9 Å². The molecule has 2 atom stereocenters. The maximum atomic E-state index is 6.38. The predicted molar refractivity (Wildman–Crippen MR) is 86.0 cm³/mol. The molecule has 5 heteroatoms. The Morgan fingerprint density at radius 3 is 2.68 bits per heavy atom. The number of aromatic nitrogens is 1. The van der Waals surface area contributed by atoms with Crippen molar-refractivity contribution in [2.75, 3.05) is 5.32 Å². The number of nitrogens with zero attached hydrogens (tertiary/aromatic N) is 1. The lowest BCUT2D eigenvalue weighted by Gasteiger charge is -2.36. The van der Waals surface area contributed by atoms with Crippen molar-refractivity contribution in [1.82, 2.24) is 4.98 Å². The summed E-state index contributed by atoms with van der Waals surface area (Å²) < 4.78 is 7.24. The van der Waals surface area contributed by atoms with E-state index in [1.807, 2.05) is 12.1 Å². The molecule has 1 aromatic heterocycles.